The van der Waals surface area contributed by atoms with Crippen molar-refractivity contribution in [1.29, 1.82) is 0 Å². The van der Waals surface area contributed by atoms with E-state index < -0.39 is 0 Å². The number of ether oxygens (including phenoxy) is 1. The van der Waals surface area contributed by atoms with E-state index in [1.54, 1.807) is 5.41 Å². The van der Waals surface area contributed by atoms with Crippen LogP contribution in [-0.4, -0.2) is 12.3 Å². The van der Waals surface area contributed by atoms with Gasteiger partial charge in [-0.05, 0) is 55.0 Å². The van der Waals surface area contributed by atoms with Crippen LogP contribution >= 0.6 is 12.6 Å². The molecule has 1 aliphatic heterocycles. The second-order valence-electron chi connectivity index (χ2n) is 4.34. The molecule has 90 valence electrons. The number of allylic oxidation sites excluding steroid dienone is 1. The summed E-state index contributed by atoms with van der Waals surface area (Å²) >= 11 is 4.10. The summed E-state index contributed by atoms with van der Waals surface area (Å²) in [6, 6.07) is 4.30. The van der Waals surface area contributed by atoms with E-state index in [0.717, 1.165) is 30.2 Å². The van der Waals surface area contributed by atoms with Crippen LogP contribution in [0.3, 0.4) is 0 Å². The summed E-state index contributed by atoms with van der Waals surface area (Å²) < 4.78 is 5.55. The SMILES string of the molecule is CC(=N/C(C)=C\S)c1cc2c(cc1C)OCC2. The third kappa shape index (κ3) is 2.55. The molecule has 0 saturated heterocycles. The first kappa shape index (κ1) is 12.2. The highest BCUT2D eigenvalue weighted by molar-refractivity contribution is 7.83. The predicted molar refractivity (Wildman–Crippen MR) is 75.3 cm³/mol. The van der Waals surface area contributed by atoms with Gasteiger partial charge in [-0.1, -0.05) is 0 Å². The molecule has 17 heavy (non-hydrogen) atoms. The monoisotopic (exact) mass is 247 g/mol. The number of thiol groups is 1. The zero-order chi connectivity index (χ0) is 12.4. The summed E-state index contributed by atoms with van der Waals surface area (Å²) in [6.07, 6.45) is 0.997. The maximum atomic E-state index is 5.55. The number of benzene rings is 1. The molecule has 1 heterocycles. The van der Waals surface area contributed by atoms with E-state index in [2.05, 4.69) is 36.7 Å². The molecule has 1 aliphatic rings. The molecule has 0 aliphatic carbocycles. The van der Waals surface area contributed by atoms with Crippen molar-refractivity contribution in [1.82, 2.24) is 0 Å². The van der Waals surface area contributed by atoms with Gasteiger partial charge in [0.1, 0.15) is 5.75 Å². The number of aryl methyl sites for hydroxylation is 1. The Balaban J connectivity index is 2.43. The number of nitrogens with zero attached hydrogens (tertiary/aromatic N) is 1. The quantitative estimate of drug-likeness (QED) is 0.626. The lowest BCUT2D eigenvalue weighted by Gasteiger charge is -2.08. The number of aliphatic imine (C=N–C) groups is 1. The molecule has 2 nitrogen and oxygen atoms in total. The Hall–Kier alpha value is -1.22. The highest BCUT2D eigenvalue weighted by atomic mass is 32.1. The van der Waals surface area contributed by atoms with E-state index in [0.29, 0.717) is 0 Å². The van der Waals surface area contributed by atoms with Crippen molar-refractivity contribution >= 4 is 18.3 Å². The average molecular weight is 247 g/mol. The molecule has 0 aromatic heterocycles. The first-order chi connectivity index (χ1) is 8.11. The minimum absolute atomic E-state index is 0.796. The Morgan fingerprint density at radius 1 is 1.41 bits per heavy atom. The van der Waals surface area contributed by atoms with Crippen LogP contribution in [0.25, 0.3) is 0 Å². The molecule has 0 spiro atoms. The van der Waals surface area contributed by atoms with Crippen LogP contribution in [0.4, 0.5) is 0 Å². The summed E-state index contributed by atoms with van der Waals surface area (Å²) in [5.41, 5.74) is 5.64. The van der Waals surface area contributed by atoms with Crippen LogP contribution in [0.5, 0.6) is 5.75 Å². The molecular weight excluding hydrogens is 230 g/mol. The fourth-order valence-corrected chi connectivity index (χ4v) is 2.13. The lowest BCUT2D eigenvalue weighted by Crippen LogP contribution is -1.99. The van der Waals surface area contributed by atoms with E-state index >= 15 is 0 Å². The van der Waals surface area contributed by atoms with E-state index in [1.165, 1.54) is 16.7 Å². The molecule has 0 amide bonds. The maximum Gasteiger partial charge on any atom is 0.122 e. The summed E-state index contributed by atoms with van der Waals surface area (Å²) in [7, 11) is 0. The van der Waals surface area contributed by atoms with Crippen LogP contribution in [0, 0.1) is 6.92 Å². The first-order valence-corrected chi connectivity index (χ1v) is 6.26. The molecule has 2 rings (SSSR count). The smallest absolute Gasteiger partial charge is 0.122 e. The molecule has 0 unspecified atom stereocenters. The third-order valence-corrected chi connectivity index (χ3v) is 3.33. The molecule has 0 N–H and O–H groups in total. The van der Waals surface area contributed by atoms with Crippen LogP contribution in [-0.2, 0) is 6.42 Å². The summed E-state index contributed by atoms with van der Waals surface area (Å²) in [5.74, 6) is 1.03. The van der Waals surface area contributed by atoms with Crippen molar-refractivity contribution in [3.05, 3.63) is 39.9 Å². The summed E-state index contributed by atoms with van der Waals surface area (Å²) in [4.78, 5) is 4.51. The standard InChI is InChI=1S/C14H17NOS/c1-9-6-14-12(4-5-16-14)7-13(9)11(3)15-10(2)8-17/h6-8,17H,4-5H2,1-3H3/b10-8-,15-11?. The van der Waals surface area contributed by atoms with Gasteiger partial charge >= 0.3 is 0 Å². The van der Waals surface area contributed by atoms with Gasteiger partial charge in [-0.15, -0.1) is 12.6 Å². The minimum atomic E-state index is 0.796. The second kappa shape index (κ2) is 4.96. The van der Waals surface area contributed by atoms with Crippen LogP contribution in [0.2, 0.25) is 0 Å². The van der Waals surface area contributed by atoms with Crippen molar-refractivity contribution < 1.29 is 4.74 Å². The van der Waals surface area contributed by atoms with Gasteiger partial charge in [0, 0.05) is 17.8 Å². The molecule has 1 aromatic rings. The molecular formula is C14H17NOS. The first-order valence-electron chi connectivity index (χ1n) is 5.75. The average Bonchev–Trinajstić information content (AvgIpc) is 2.74. The van der Waals surface area contributed by atoms with Gasteiger partial charge in [-0.3, -0.25) is 4.99 Å². The Bertz CT molecular complexity index is 503. The molecule has 0 saturated carbocycles. The van der Waals surface area contributed by atoms with Crippen molar-refractivity contribution in [2.75, 3.05) is 6.61 Å². The largest absolute Gasteiger partial charge is 0.493 e. The Kier molecular flexibility index (Phi) is 3.57. The molecule has 0 atom stereocenters. The number of hydrogen-bond acceptors (Lipinski definition) is 3. The van der Waals surface area contributed by atoms with Crippen molar-refractivity contribution in [2.45, 2.75) is 27.2 Å². The molecule has 1 aromatic carbocycles. The zero-order valence-electron chi connectivity index (χ0n) is 10.4. The molecule has 3 heteroatoms. The number of fused-ring (bicyclic) bond motifs is 1. The lowest BCUT2D eigenvalue weighted by atomic mass is 10.00. The van der Waals surface area contributed by atoms with E-state index in [-0.39, 0.29) is 0 Å². The van der Waals surface area contributed by atoms with Gasteiger partial charge in [-0.25, -0.2) is 0 Å². The second-order valence-corrected chi connectivity index (χ2v) is 4.60. The number of hydrogen-bond donors (Lipinski definition) is 1. The van der Waals surface area contributed by atoms with E-state index in [1.807, 2.05) is 13.8 Å². The van der Waals surface area contributed by atoms with Crippen molar-refractivity contribution in [3.8, 4) is 5.75 Å². The Labute approximate surface area is 108 Å². The Morgan fingerprint density at radius 3 is 2.88 bits per heavy atom. The van der Waals surface area contributed by atoms with Crippen LogP contribution in [0.1, 0.15) is 30.5 Å². The molecule has 0 radical (unpaired) electrons. The van der Waals surface area contributed by atoms with Crippen molar-refractivity contribution in [3.63, 3.8) is 0 Å². The van der Waals surface area contributed by atoms with Crippen molar-refractivity contribution in [2.24, 2.45) is 4.99 Å². The summed E-state index contributed by atoms with van der Waals surface area (Å²) in [6.45, 7) is 6.87. The van der Waals surface area contributed by atoms with Crippen LogP contribution < -0.4 is 4.74 Å². The van der Waals surface area contributed by atoms with Gasteiger partial charge in [0.05, 0.1) is 6.61 Å². The van der Waals surface area contributed by atoms with E-state index in [4.69, 9.17) is 4.74 Å². The van der Waals surface area contributed by atoms with E-state index in [9.17, 15) is 0 Å². The minimum Gasteiger partial charge on any atom is -0.493 e. The topological polar surface area (TPSA) is 21.6 Å². The zero-order valence-corrected chi connectivity index (χ0v) is 11.3. The fourth-order valence-electron chi connectivity index (χ4n) is 2.07. The molecule has 0 bridgehead atoms. The van der Waals surface area contributed by atoms with Gasteiger partial charge in [0.15, 0.2) is 0 Å². The fraction of sp³-hybridized carbons (Fsp3) is 0.357. The number of rotatable bonds is 2. The highest BCUT2D eigenvalue weighted by Gasteiger charge is 2.15. The molecule has 0 fully saturated rings. The Morgan fingerprint density at radius 2 is 2.18 bits per heavy atom. The summed E-state index contributed by atoms with van der Waals surface area (Å²) in [5, 5.41) is 1.72. The van der Waals surface area contributed by atoms with Gasteiger partial charge in [0.2, 0.25) is 0 Å². The van der Waals surface area contributed by atoms with Gasteiger partial charge in [0.25, 0.3) is 0 Å². The van der Waals surface area contributed by atoms with Gasteiger partial charge in [-0.2, -0.15) is 0 Å². The predicted octanol–water partition coefficient (Wildman–Crippen LogP) is 3.53. The lowest BCUT2D eigenvalue weighted by molar-refractivity contribution is 0.356. The third-order valence-electron chi connectivity index (χ3n) is 2.96. The van der Waals surface area contributed by atoms with Crippen LogP contribution in [0.15, 0.2) is 28.2 Å². The van der Waals surface area contributed by atoms with Gasteiger partial charge < -0.3 is 4.74 Å². The highest BCUT2D eigenvalue weighted by Crippen LogP contribution is 2.29. The normalized spacial score (nSPS) is 15.8. The maximum absolute atomic E-state index is 5.55.